The lowest BCUT2D eigenvalue weighted by Crippen LogP contribution is -2.45. The van der Waals surface area contributed by atoms with Gasteiger partial charge in [-0.05, 0) is 56.9 Å². The molecule has 2 fully saturated rings. The normalized spacial score (nSPS) is 19.3. The smallest absolute Gasteiger partial charge is 0.255 e. The molecule has 1 atom stereocenters. The summed E-state index contributed by atoms with van der Waals surface area (Å²) >= 11 is 0. The van der Waals surface area contributed by atoms with Crippen LogP contribution in [0, 0.1) is 5.92 Å². The summed E-state index contributed by atoms with van der Waals surface area (Å²) in [6.07, 6.45) is 12.8. The van der Waals surface area contributed by atoms with Crippen LogP contribution in [-0.2, 0) is 13.0 Å². The Balaban J connectivity index is 1.22. The second-order valence-electron chi connectivity index (χ2n) is 8.59. The maximum atomic E-state index is 12.9. The van der Waals surface area contributed by atoms with E-state index < -0.39 is 0 Å². The molecule has 2 aliphatic carbocycles. The van der Waals surface area contributed by atoms with E-state index in [0.29, 0.717) is 23.9 Å². The highest BCUT2D eigenvalue weighted by Gasteiger charge is 2.35. The molecule has 5 rings (SSSR count). The summed E-state index contributed by atoms with van der Waals surface area (Å²) in [5.41, 5.74) is 3.39. The first-order valence-corrected chi connectivity index (χ1v) is 10.8. The van der Waals surface area contributed by atoms with Gasteiger partial charge in [-0.15, -0.1) is 0 Å². The van der Waals surface area contributed by atoms with Gasteiger partial charge in [0.1, 0.15) is 6.33 Å². The van der Waals surface area contributed by atoms with Gasteiger partial charge in [0.2, 0.25) is 0 Å². The molecule has 0 bridgehead atoms. The molecule has 1 aliphatic heterocycles. The summed E-state index contributed by atoms with van der Waals surface area (Å²) in [5, 5.41) is 6.17. The van der Waals surface area contributed by atoms with Gasteiger partial charge in [0.15, 0.2) is 0 Å². The number of nitrogens with zero attached hydrogens (tertiary/aromatic N) is 3. The molecule has 29 heavy (non-hydrogen) atoms. The molecular formula is C22H27N5O2. The quantitative estimate of drug-likeness (QED) is 0.756. The van der Waals surface area contributed by atoms with Crippen molar-refractivity contribution in [2.24, 2.45) is 5.92 Å². The van der Waals surface area contributed by atoms with E-state index in [1.807, 2.05) is 12.3 Å². The summed E-state index contributed by atoms with van der Waals surface area (Å²) in [4.78, 5) is 33.9. The van der Waals surface area contributed by atoms with Crippen LogP contribution in [0.3, 0.4) is 0 Å². The highest BCUT2D eigenvalue weighted by atomic mass is 16.2. The Bertz CT molecular complexity index is 906. The summed E-state index contributed by atoms with van der Waals surface area (Å²) in [7, 11) is 0. The number of carbonyl (C=O) groups excluding carboxylic acids is 2. The van der Waals surface area contributed by atoms with Gasteiger partial charge in [0, 0.05) is 43.1 Å². The van der Waals surface area contributed by atoms with Gasteiger partial charge in [-0.1, -0.05) is 0 Å². The highest BCUT2D eigenvalue weighted by molar-refractivity contribution is 5.96. The van der Waals surface area contributed by atoms with Crippen LogP contribution in [0.2, 0.25) is 0 Å². The molecule has 2 aromatic rings. The van der Waals surface area contributed by atoms with Crippen molar-refractivity contribution in [2.45, 2.75) is 63.5 Å². The Morgan fingerprint density at radius 3 is 2.79 bits per heavy atom. The SMILES string of the molecule is O=C(NCC(NC(=O)c1cncnc1C1CC1)C1CC1)c1cc2n(c1)CCCC2. The molecule has 2 amide bonds. The van der Waals surface area contributed by atoms with E-state index in [1.54, 1.807) is 6.20 Å². The Morgan fingerprint density at radius 2 is 2.03 bits per heavy atom. The van der Waals surface area contributed by atoms with Crippen LogP contribution in [0.25, 0.3) is 0 Å². The second-order valence-corrected chi connectivity index (χ2v) is 8.59. The Labute approximate surface area is 170 Å². The monoisotopic (exact) mass is 393 g/mol. The zero-order valence-electron chi connectivity index (χ0n) is 16.6. The minimum absolute atomic E-state index is 0.0593. The zero-order chi connectivity index (χ0) is 19.8. The lowest BCUT2D eigenvalue weighted by Gasteiger charge is -2.19. The number of carbonyl (C=O) groups is 2. The van der Waals surface area contributed by atoms with Crippen LogP contribution in [0.5, 0.6) is 0 Å². The lowest BCUT2D eigenvalue weighted by atomic mass is 10.1. The van der Waals surface area contributed by atoms with Crippen LogP contribution >= 0.6 is 0 Å². The fourth-order valence-electron chi connectivity index (χ4n) is 4.27. The molecule has 152 valence electrons. The first kappa shape index (κ1) is 18.3. The van der Waals surface area contributed by atoms with Crippen molar-refractivity contribution >= 4 is 11.8 Å². The maximum absolute atomic E-state index is 12.9. The minimum atomic E-state index is -0.127. The molecule has 0 spiro atoms. The predicted molar refractivity (Wildman–Crippen MR) is 108 cm³/mol. The second kappa shape index (κ2) is 7.61. The van der Waals surface area contributed by atoms with Crippen molar-refractivity contribution in [1.82, 2.24) is 25.2 Å². The molecule has 0 radical (unpaired) electrons. The fraction of sp³-hybridized carbons (Fsp3) is 0.545. The Hall–Kier alpha value is -2.70. The summed E-state index contributed by atoms with van der Waals surface area (Å²) in [6, 6.07) is 1.94. The summed E-state index contributed by atoms with van der Waals surface area (Å²) < 4.78 is 2.19. The van der Waals surface area contributed by atoms with E-state index in [9.17, 15) is 9.59 Å². The number of rotatable bonds is 7. The first-order valence-electron chi connectivity index (χ1n) is 10.8. The number of fused-ring (bicyclic) bond motifs is 1. The Morgan fingerprint density at radius 1 is 1.17 bits per heavy atom. The van der Waals surface area contributed by atoms with Gasteiger partial charge in [-0.25, -0.2) is 9.97 Å². The standard InChI is InChI=1S/C22H27N5O2/c28-21(16-9-17-3-1-2-8-27(17)12-16)24-11-19(14-4-5-14)26-22(29)18-10-23-13-25-20(18)15-6-7-15/h9-10,12-15,19H,1-8,11H2,(H,24,28)(H,26,29). The predicted octanol–water partition coefficient (Wildman–Crippen LogP) is 2.43. The number of aryl methyl sites for hydroxylation is 2. The number of aromatic nitrogens is 3. The van der Waals surface area contributed by atoms with Gasteiger partial charge in [0.25, 0.3) is 11.8 Å². The number of hydrogen-bond donors (Lipinski definition) is 2. The Kier molecular flexibility index (Phi) is 4.81. The molecular weight excluding hydrogens is 366 g/mol. The lowest BCUT2D eigenvalue weighted by molar-refractivity contribution is 0.0902. The van der Waals surface area contributed by atoms with E-state index in [0.717, 1.165) is 49.9 Å². The minimum Gasteiger partial charge on any atom is -0.351 e. The molecule has 2 aromatic heterocycles. The average molecular weight is 393 g/mol. The van der Waals surface area contributed by atoms with Gasteiger partial charge >= 0.3 is 0 Å². The van der Waals surface area contributed by atoms with Crippen molar-refractivity contribution < 1.29 is 9.59 Å². The summed E-state index contributed by atoms with van der Waals surface area (Å²) in [6.45, 7) is 1.44. The van der Waals surface area contributed by atoms with Crippen molar-refractivity contribution in [3.8, 4) is 0 Å². The van der Waals surface area contributed by atoms with E-state index in [-0.39, 0.29) is 17.9 Å². The summed E-state index contributed by atoms with van der Waals surface area (Å²) in [5.74, 6) is 0.626. The molecule has 1 unspecified atom stereocenters. The molecule has 2 saturated carbocycles. The molecule has 7 nitrogen and oxygen atoms in total. The highest BCUT2D eigenvalue weighted by Crippen LogP contribution is 2.40. The molecule has 7 heteroatoms. The third-order valence-corrected chi connectivity index (χ3v) is 6.27. The average Bonchev–Trinajstić information content (AvgIpc) is 3.67. The number of nitrogens with one attached hydrogen (secondary N) is 2. The van der Waals surface area contributed by atoms with Crippen LogP contribution < -0.4 is 10.6 Å². The third-order valence-electron chi connectivity index (χ3n) is 6.27. The van der Waals surface area contributed by atoms with Gasteiger partial charge < -0.3 is 15.2 Å². The van der Waals surface area contributed by atoms with Crippen LogP contribution in [0.4, 0.5) is 0 Å². The number of hydrogen-bond acceptors (Lipinski definition) is 4. The van der Waals surface area contributed by atoms with Crippen molar-refractivity contribution in [3.63, 3.8) is 0 Å². The van der Waals surface area contributed by atoms with E-state index >= 15 is 0 Å². The van der Waals surface area contributed by atoms with Crippen LogP contribution in [0.1, 0.15) is 76.5 Å². The molecule has 3 aliphatic rings. The molecule has 0 aromatic carbocycles. The molecule has 3 heterocycles. The van der Waals surface area contributed by atoms with E-state index in [4.69, 9.17) is 0 Å². The van der Waals surface area contributed by atoms with Crippen LogP contribution in [0.15, 0.2) is 24.8 Å². The van der Waals surface area contributed by atoms with Crippen molar-refractivity contribution in [1.29, 1.82) is 0 Å². The van der Waals surface area contributed by atoms with Crippen molar-refractivity contribution in [2.75, 3.05) is 6.54 Å². The molecule has 2 N–H and O–H groups in total. The van der Waals surface area contributed by atoms with Crippen molar-refractivity contribution in [3.05, 3.63) is 47.3 Å². The largest absolute Gasteiger partial charge is 0.351 e. The molecule has 0 saturated heterocycles. The zero-order valence-corrected chi connectivity index (χ0v) is 16.6. The topological polar surface area (TPSA) is 88.9 Å². The van der Waals surface area contributed by atoms with E-state index in [2.05, 4.69) is 25.2 Å². The number of amides is 2. The van der Waals surface area contributed by atoms with Gasteiger partial charge in [-0.3, -0.25) is 9.59 Å². The third kappa shape index (κ3) is 4.04. The van der Waals surface area contributed by atoms with Gasteiger partial charge in [0.05, 0.1) is 16.8 Å². The maximum Gasteiger partial charge on any atom is 0.255 e. The van der Waals surface area contributed by atoms with Gasteiger partial charge in [-0.2, -0.15) is 0 Å². The van der Waals surface area contributed by atoms with Crippen LogP contribution in [-0.4, -0.2) is 38.9 Å². The first-order chi connectivity index (χ1) is 14.2. The fourth-order valence-corrected chi connectivity index (χ4v) is 4.27. The van der Waals surface area contributed by atoms with E-state index in [1.165, 1.54) is 24.9 Å².